The van der Waals surface area contributed by atoms with Crippen molar-refractivity contribution in [1.82, 2.24) is 9.88 Å². The number of furan rings is 1. The van der Waals surface area contributed by atoms with Crippen molar-refractivity contribution < 1.29 is 4.42 Å². The summed E-state index contributed by atoms with van der Waals surface area (Å²) in [7, 11) is 0. The van der Waals surface area contributed by atoms with E-state index in [1.54, 1.807) is 0 Å². The van der Waals surface area contributed by atoms with Crippen molar-refractivity contribution >= 4 is 87.7 Å². The smallest absolute Gasteiger partial charge is 0.209 e. The van der Waals surface area contributed by atoms with Crippen LogP contribution in [0.4, 0.5) is 5.69 Å². The van der Waals surface area contributed by atoms with E-state index in [-0.39, 0.29) is 6.04 Å². The molecule has 4 heteroatoms. The molecule has 0 saturated heterocycles. The highest BCUT2D eigenvalue weighted by molar-refractivity contribution is 6.30. The van der Waals surface area contributed by atoms with E-state index in [2.05, 4.69) is 186 Å². The second kappa shape index (κ2) is 11.2. The summed E-state index contributed by atoms with van der Waals surface area (Å²) in [5.74, 6) is 0.792. The molecule has 11 aromatic rings. The third kappa shape index (κ3) is 4.22. The van der Waals surface area contributed by atoms with Crippen LogP contribution in [-0.4, -0.2) is 10.5 Å². The monoisotopic (exact) mass is 689 g/mol. The Hall–Kier alpha value is -7.17. The minimum atomic E-state index is -0.222. The van der Waals surface area contributed by atoms with Crippen LogP contribution in [0.2, 0.25) is 0 Å². The Balaban J connectivity index is 1.16. The lowest BCUT2D eigenvalue weighted by atomic mass is 9.89. The molecule has 1 atom stereocenters. The van der Waals surface area contributed by atoms with Crippen LogP contribution in [0.15, 0.2) is 185 Å². The van der Waals surface area contributed by atoms with E-state index in [0.29, 0.717) is 0 Å². The number of rotatable bonds is 2. The van der Waals surface area contributed by atoms with E-state index in [1.165, 1.54) is 37.7 Å². The van der Waals surface area contributed by atoms with Crippen molar-refractivity contribution in [1.29, 1.82) is 0 Å². The van der Waals surface area contributed by atoms with E-state index in [0.717, 1.165) is 72.3 Å². The van der Waals surface area contributed by atoms with Crippen molar-refractivity contribution in [3.63, 3.8) is 0 Å². The molecule has 9 aromatic carbocycles. The third-order valence-corrected chi connectivity index (χ3v) is 11.4. The molecule has 0 spiro atoms. The minimum Gasteiger partial charge on any atom is -0.456 e. The largest absolute Gasteiger partial charge is 0.456 e. The molecule has 1 N–H and O–H groups in total. The van der Waals surface area contributed by atoms with Crippen LogP contribution in [0.25, 0.3) is 87.2 Å². The van der Waals surface area contributed by atoms with Crippen molar-refractivity contribution in [2.75, 3.05) is 0 Å². The van der Waals surface area contributed by atoms with Crippen LogP contribution < -0.4 is 5.32 Å². The molecule has 0 bridgehead atoms. The number of aromatic nitrogens is 1. The summed E-state index contributed by atoms with van der Waals surface area (Å²) >= 11 is 0. The highest BCUT2D eigenvalue weighted by atomic mass is 16.3. The number of benzene rings is 9. The molecule has 0 radical (unpaired) electrons. The maximum atomic E-state index is 6.78. The lowest BCUT2D eigenvalue weighted by Gasteiger charge is -2.29. The second-order valence-corrected chi connectivity index (χ2v) is 14.4. The van der Waals surface area contributed by atoms with Crippen LogP contribution in [-0.2, 0) is 0 Å². The summed E-state index contributed by atoms with van der Waals surface area (Å²) in [6.45, 7) is 0. The number of fused-ring (bicyclic) bond motifs is 12. The van der Waals surface area contributed by atoms with Gasteiger partial charge in [0.25, 0.3) is 0 Å². The number of nitrogens with one attached hydrogen (secondary N) is 1. The Labute approximate surface area is 310 Å². The van der Waals surface area contributed by atoms with Crippen LogP contribution in [0, 0.1) is 0 Å². The molecular formula is C50H31N3O. The van der Waals surface area contributed by atoms with Gasteiger partial charge in [-0.2, -0.15) is 0 Å². The maximum absolute atomic E-state index is 6.78. The first-order valence-electron chi connectivity index (χ1n) is 18.5. The first-order valence-corrected chi connectivity index (χ1v) is 18.5. The van der Waals surface area contributed by atoms with Crippen molar-refractivity contribution in [2.24, 2.45) is 4.99 Å². The van der Waals surface area contributed by atoms with Crippen molar-refractivity contribution in [2.45, 2.75) is 6.04 Å². The molecule has 1 aliphatic rings. The van der Waals surface area contributed by atoms with Gasteiger partial charge in [0.2, 0.25) is 5.96 Å². The van der Waals surface area contributed by atoms with E-state index < -0.39 is 0 Å². The molecule has 0 fully saturated rings. The predicted molar refractivity (Wildman–Crippen MR) is 225 cm³/mol. The molecule has 4 nitrogen and oxygen atoms in total. The van der Waals surface area contributed by atoms with E-state index in [9.17, 15) is 0 Å². The SMILES string of the molecule is c1ccc(-c2cc(C3NC(n4c5ccc6ccccc6c5c5c6ccccc6ccc54)=Nc4ccccc43)c3c(c2)oc2cc4ccccc4cc23)cc1. The van der Waals surface area contributed by atoms with Crippen LogP contribution >= 0.6 is 0 Å². The number of hydrogen-bond acceptors (Lipinski definition) is 3. The first-order chi connectivity index (χ1) is 26.8. The second-order valence-electron chi connectivity index (χ2n) is 14.4. The topological polar surface area (TPSA) is 42.5 Å². The molecule has 0 amide bonds. The summed E-state index contributed by atoms with van der Waals surface area (Å²) in [4.78, 5) is 5.42. The first kappa shape index (κ1) is 29.4. The normalized spacial score (nSPS) is 14.4. The molecule has 3 heterocycles. The van der Waals surface area contributed by atoms with Crippen LogP contribution in [0.1, 0.15) is 17.2 Å². The summed E-state index contributed by atoms with van der Waals surface area (Å²) in [6, 6.07) is 62.9. The van der Waals surface area contributed by atoms with Gasteiger partial charge in [-0.05, 0) is 91.5 Å². The highest BCUT2D eigenvalue weighted by Crippen LogP contribution is 2.45. The fraction of sp³-hybridized carbons (Fsp3) is 0.0200. The van der Waals surface area contributed by atoms with Crippen LogP contribution in [0.3, 0.4) is 0 Å². The zero-order valence-electron chi connectivity index (χ0n) is 29.1. The zero-order valence-corrected chi connectivity index (χ0v) is 29.1. The van der Waals surface area contributed by atoms with E-state index in [4.69, 9.17) is 9.41 Å². The standard InChI is InChI=1S/C50H31N3O/c1-2-12-30(13-3-1)35-27-40(46-39-26-33-16-4-5-17-34(33)28-44(39)54-45(46)29-35)49-38-20-10-11-21-41(38)51-50(52-49)53-42-24-22-31-14-6-8-18-36(31)47(42)48-37-19-9-7-15-32(37)23-25-43(48)53/h1-29,49H,(H,51,52). The zero-order chi connectivity index (χ0) is 35.3. The van der Waals surface area contributed by atoms with Crippen molar-refractivity contribution in [3.05, 3.63) is 187 Å². The van der Waals surface area contributed by atoms with Gasteiger partial charge in [-0.25, -0.2) is 4.99 Å². The predicted octanol–water partition coefficient (Wildman–Crippen LogP) is 13.0. The number of para-hydroxylation sites is 1. The summed E-state index contributed by atoms with van der Waals surface area (Å²) in [5, 5.41) is 16.0. The van der Waals surface area contributed by atoms with Crippen LogP contribution in [0.5, 0.6) is 0 Å². The Morgan fingerprint density at radius 3 is 1.78 bits per heavy atom. The lowest BCUT2D eigenvalue weighted by Crippen LogP contribution is -2.36. The van der Waals surface area contributed by atoms with Gasteiger partial charge in [-0.15, -0.1) is 0 Å². The van der Waals surface area contributed by atoms with E-state index in [1.807, 2.05) is 0 Å². The highest BCUT2D eigenvalue weighted by Gasteiger charge is 2.30. The number of hydrogen-bond donors (Lipinski definition) is 1. The van der Waals surface area contributed by atoms with Gasteiger partial charge in [0.15, 0.2) is 0 Å². The minimum absolute atomic E-state index is 0.222. The van der Waals surface area contributed by atoms with Gasteiger partial charge in [0.1, 0.15) is 11.2 Å². The Bertz CT molecular complexity index is 3280. The molecule has 54 heavy (non-hydrogen) atoms. The molecule has 0 aliphatic carbocycles. The van der Waals surface area contributed by atoms with Gasteiger partial charge in [-0.3, -0.25) is 4.57 Å². The van der Waals surface area contributed by atoms with Gasteiger partial charge in [0, 0.05) is 27.1 Å². The summed E-state index contributed by atoms with van der Waals surface area (Å²) in [6.07, 6.45) is 0. The molecule has 2 aromatic heterocycles. The quantitative estimate of drug-likeness (QED) is 0.196. The number of nitrogens with zero attached hydrogens (tertiary/aromatic N) is 2. The van der Waals surface area contributed by atoms with Gasteiger partial charge >= 0.3 is 0 Å². The average Bonchev–Trinajstić information content (AvgIpc) is 3.78. The molecule has 1 unspecified atom stereocenters. The van der Waals surface area contributed by atoms with Crippen molar-refractivity contribution in [3.8, 4) is 11.1 Å². The lowest BCUT2D eigenvalue weighted by molar-refractivity contribution is 0.668. The van der Waals surface area contributed by atoms with E-state index >= 15 is 0 Å². The molecule has 0 saturated carbocycles. The van der Waals surface area contributed by atoms with Gasteiger partial charge in [-0.1, -0.05) is 133 Å². The average molecular weight is 690 g/mol. The summed E-state index contributed by atoms with van der Waals surface area (Å²) < 4.78 is 9.11. The Morgan fingerprint density at radius 2 is 1.06 bits per heavy atom. The fourth-order valence-corrected chi connectivity index (χ4v) is 8.97. The van der Waals surface area contributed by atoms with Gasteiger partial charge < -0.3 is 9.73 Å². The molecular weight excluding hydrogens is 659 g/mol. The Kier molecular flexibility index (Phi) is 6.08. The Morgan fingerprint density at radius 1 is 0.444 bits per heavy atom. The molecule has 252 valence electrons. The fourth-order valence-electron chi connectivity index (χ4n) is 8.97. The number of aliphatic imine (C=N–C) groups is 1. The third-order valence-electron chi connectivity index (χ3n) is 11.4. The molecule has 1 aliphatic heterocycles. The summed E-state index contributed by atoms with van der Waals surface area (Å²) in [5.41, 5.74) is 9.47. The van der Waals surface area contributed by atoms with Gasteiger partial charge in [0.05, 0.1) is 22.8 Å². The molecule has 12 rings (SSSR count). The maximum Gasteiger partial charge on any atom is 0.209 e.